The molecule has 1 aliphatic heterocycles. The molecule has 1 fully saturated rings. The van der Waals surface area contributed by atoms with Crippen molar-refractivity contribution in [2.24, 2.45) is 13.0 Å². The highest BCUT2D eigenvalue weighted by Gasteiger charge is 2.28. The fraction of sp³-hybridized carbons (Fsp3) is 0.600. The third-order valence-corrected chi connectivity index (χ3v) is 4.02. The first-order valence-corrected chi connectivity index (χ1v) is 7.62. The predicted octanol–water partition coefficient (Wildman–Crippen LogP) is 2.22. The number of ether oxygens (including phenoxy) is 1. The zero-order valence-electron chi connectivity index (χ0n) is 12.7. The smallest absolute Gasteiger partial charge is 0.0900 e. The number of rotatable bonds is 5. The predicted molar refractivity (Wildman–Crippen MR) is 81.0 cm³/mol. The lowest BCUT2D eigenvalue weighted by Gasteiger charge is -2.31. The van der Waals surface area contributed by atoms with Crippen molar-refractivity contribution < 1.29 is 4.74 Å². The van der Waals surface area contributed by atoms with Gasteiger partial charge in [0.05, 0.1) is 24.2 Å². The van der Waals surface area contributed by atoms with Gasteiger partial charge in [0.15, 0.2) is 0 Å². The standard InChI is InChI=1S/C15H23N5O/c1-3-20-11-14(9-18-20)16-7-12-5-4-6-21-15(12)13-8-17-19(2)10-13/h8-12,15-16H,3-7H2,1-2H3/t12-,15+/m0/s1. The summed E-state index contributed by atoms with van der Waals surface area (Å²) in [4.78, 5) is 0. The van der Waals surface area contributed by atoms with E-state index in [4.69, 9.17) is 4.74 Å². The zero-order valence-corrected chi connectivity index (χ0v) is 12.7. The van der Waals surface area contributed by atoms with E-state index in [0.29, 0.717) is 5.92 Å². The Bertz CT molecular complexity index is 576. The van der Waals surface area contributed by atoms with Crippen LogP contribution in [0.5, 0.6) is 0 Å². The number of hydrogen-bond acceptors (Lipinski definition) is 4. The summed E-state index contributed by atoms with van der Waals surface area (Å²) in [5.74, 6) is 0.466. The second-order valence-electron chi connectivity index (χ2n) is 5.61. The van der Waals surface area contributed by atoms with Crippen molar-refractivity contribution >= 4 is 5.69 Å². The number of hydrogen-bond donors (Lipinski definition) is 1. The van der Waals surface area contributed by atoms with E-state index in [2.05, 4.69) is 28.6 Å². The minimum absolute atomic E-state index is 0.140. The molecule has 0 radical (unpaired) electrons. The van der Waals surface area contributed by atoms with E-state index in [1.54, 1.807) is 0 Å². The van der Waals surface area contributed by atoms with Crippen LogP contribution in [0.1, 0.15) is 31.4 Å². The fourth-order valence-corrected chi connectivity index (χ4v) is 2.88. The van der Waals surface area contributed by atoms with Crippen LogP contribution in [0.2, 0.25) is 0 Å². The molecule has 0 unspecified atom stereocenters. The molecule has 6 nitrogen and oxygen atoms in total. The van der Waals surface area contributed by atoms with Crippen molar-refractivity contribution in [2.75, 3.05) is 18.5 Å². The third kappa shape index (κ3) is 3.26. The molecular formula is C15H23N5O. The molecule has 0 aliphatic carbocycles. The van der Waals surface area contributed by atoms with Crippen LogP contribution < -0.4 is 5.32 Å². The number of aromatic nitrogens is 4. The Labute approximate surface area is 125 Å². The monoisotopic (exact) mass is 289 g/mol. The number of anilines is 1. The Balaban J connectivity index is 1.64. The van der Waals surface area contributed by atoms with E-state index in [1.165, 1.54) is 12.0 Å². The lowest BCUT2D eigenvalue weighted by Crippen LogP contribution is -2.28. The van der Waals surface area contributed by atoms with Gasteiger partial charge in [-0.15, -0.1) is 0 Å². The summed E-state index contributed by atoms with van der Waals surface area (Å²) in [6, 6.07) is 0. The second kappa shape index (κ2) is 6.30. The molecule has 2 aromatic heterocycles. The van der Waals surface area contributed by atoms with Gasteiger partial charge in [0.2, 0.25) is 0 Å². The van der Waals surface area contributed by atoms with Gasteiger partial charge >= 0.3 is 0 Å². The van der Waals surface area contributed by atoms with Gasteiger partial charge in [-0.2, -0.15) is 10.2 Å². The molecule has 1 N–H and O–H groups in total. The minimum Gasteiger partial charge on any atom is -0.382 e. The van der Waals surface area contributed by atoms with Gasteiger partial charge in [-0.25, -0.2) is 0 Å². The lowest BCUT2D eigenvalue weighted by molar-refractivity contribution is -0.0238. The molecule has 0 amide bonds. The summed E-state index contributed by atoms with van der Waals surface area (Å²) in [5.41, 5.74) is 2.25. The Hall–Kier alpha value is -1.82. The topological polar surface area (TPSA) is 56.9 Å². The minimum atomic E-state index is 0.140. The molecule has 3 heterocycles. The van der Waals surface area contributed by atoms with Crippen molar-refractivity contribution in [3.8, 4) is 0 Å². The summed E-state index contributed by atoms with van der Waals surface area (Å²) in [6.07, 6.45) is 10.3. The normalized spacial score (nSPS) is 22.4. The summed E-state index contributed by atoms with van der Waals surface area (Å²) in [7, 11) is 1.94. The maximum absolute atomic E-state index is 5.99. The summed E-state index contributed by atoms with van der Waals surface area (Å²) in [5, 5.41) is 12.0. The van der Waals surface area contributed by atoms with Crippen LogP contribution in [0, 0.1) is 5.92 Å². The second-order valence-corrected chi connectivity index (χ2v) is 5.61. The number of nitrogens with zero attached hydrogens (tertiary/aromatic N) is 4. The van der Waals surface area contributed by atoms with Gasteiger partial charge < -0.3 is 10.1 Å². The molecule has 0 spiro atoms. The fourth-order valence-electron chi connectivity index (χ4n) is 2.88. The third-order valence-electron chi connectivity index (χ3n) is 4.02. The molecule has 6 heteroatoms. The summed E-state index contributed by atoms with van der Waals surface area (Å²) < 4.78 is 9.76. The molecule has 0 aromatic carbocycles. The average molecular weight is 289 g/mol. The molecule has 2 aromatic rings. The first-order chi connectivity index (χ1) is 10.3. The molecule has 114 valence electrons. The van der Waals surface area contributed by atoms with Crippen LogP contribution in [-0.4, -0.2) is 32.7 Å². The van der Waals surface area contributed by atoms with Crippen LogP contribution in [0.4, 0.5) is 5.69 Å². The van der Waals surface area contributed by atoms with Crippen LogP contribution in [0.25, 0.3) is 0 Å². The highest BCUT2D eigenvalue weighted by Crippen LogP contribution is 2.33. The molecule has 21 heavy (non-hydrogen) atoms. The van der Waals surface area contributed by atoms with Gasteiger partial charge in [0.1, 0.15) is 0 Å². The van der Waals surface area contributed by atoms with Crippen LogP contribution in [-0.2, 0) is 18.3 Å². The Kier molecular flexibility index (Phi) is 4.24. The molecule has 0 saturated carbocycles. The van der Waals surface area contributed by atoms with Gasteiger partial charge in [0, 0.05) is 50.6 Å². The van der Waals surface area contributed by atoms with E-state index >= 15 is 0 Å². The van der Waals surface area contributed by atoms with Crippen molar-refractivity contribution in [3.63, 3.8) is 0 Å². The van der Waals surface area contributed by atoms with Gasteiger partial charge in [-0.3, -0.25) is 9.36 Å². The van der Waals surface area contributed by atoms with Crippen molar-refractivity contribution in [2.45, 2.75) is 32.4 Å². The first kappa shape index (κ1) is 14.1. The lowest BCUT2D eigenvalue weighted by atomic mass is 9.91. The molecule has 2 atom stereocenters. The highest BCUT2D eigenvalue weighted by atomic mass is 16.5. The van der Waals surface area contributed by atoms with Gasteiger partial charge in [-0.1, -0.05) is 0 Å². The highest BCUT2D eigenvalue weighted by molar-refractivity contribution is 5.38. The number of aryl methyl sites for hydroxylation is 2. The largest absolute Gasteiger partial charge is 0.382 e. The molecule has 3 rings (SSSR count). The molecular weight excluding hydrogens is 266 g/mol. The Morgan fingerprint density at radius 2 is 2.24 bits per heavy atom. The van der Waals surface area contributed by atoms with Gasteiger partial charge in [0.25, 0.3) is 0 Å². The van der Waals surface area contributed by atoms with E-state index in [0.717, 1.165) is 31.8 Å². The van der Waals surface area contributed by atoms with Crippen LogP contribution in [0.15, 0.2) is 24.8 Å². The summed E-state index contributed by atoms with van der Waals surface area (Å²) >= 11 is 0. The van der Waals surface area contributed by atoms with Crippen molar-refractivity contribution in [1.29, 1.82) is 0 Å². The zero-order chi connectivity index (χ0) is 14.7. The Morgan fingerprint density at radius 3 is 2.95 bits per heavy atom. The molecule has 1 saturated heterocycles. The Morgan fingerprint density at radius 1 is 1.33 bits per heavy atom. The quantitative estimate of drug-likeness (QED) is 0.917. The SMILES string of the molecule is CCn1cc(NC[C@@H]2CCCO[C@H]2c2cnn(C)c2)cn1. The maximum Gasteiger partial charge on any atom is 0.0900 e. The average Bonchev–Trinajstić information content (AvgIpc) is 3.14. The molecule has 1 aliphatic rings. The van der Waals surface area contributed by atoms with Crippen molar-refractivity contribution in [3.05, 3.63) is 30.4 Å². The van der Waals surface area contributed by atoms with Crippen molar-refractivity contribution in [1.82, 2.24) is 19.6 Å². The summed E-state index contributed by atoms with van der Waals surface area (Å²) in [6.45, 7) is 4.72. The number of nitrogens with one attached hydrogen (secondary N) is 1. The van der Waals surface area contributed by atoms with E-state index < -0.39 is 0 Å². The van der Waals surface area contributed by atoms with E-state index in [1.807, 2.05) is 35.0 Å². The van der Waals surface area contributed by atoms with Gasteiger partial charge in [-0.05, 0) is 19.8 Å². The van der Waals surface area contributed by atoms with Crippen LogP contribution >= 0.6 is 0 Å². The molecule has 0 bridgehead atoms. The first-order valence-electron chi connectivity index (χ1n) is 7.62. The maximum atomic E-state index is 5.99. The van der Waals surface area contributed by atoms with E-state index in [-0.39, 0.29) is 6.10 Å². The van der Waals surface area contributed by atoms with E-state index in [9.17, 15) is 0 Å². The van der Waals surface area contributed by atoms with Crippen LogP contribution in [0.3, 0.4) is 0 Å².